The number of amides is 1. The van der Waals surface area contributed by atoms with Crippen LogP contribution in [0.1, 0.15) is 23.1 Å². The highest BCUT2D eigenvalue weighted by molar-refractivity contribution is 6.01. The van der Waals surface area contributed by atoms with Gasteiger partial charge in [-0.05, 0) is 55.7 Å². The van der Waals surface area contributed by atoms with E-state index in [4.69, 9.17) is 9.47 Å². The lowest BCUT2D eigenvalue weighted by molar-refractivity contribution is -0.117. The fraction of sp³-hybridized carbons (Fsp3) is 0.250. The molecule has 3 rings (SSSR count). The van der Waals surface area contributed by atoms with Crippen molar-refractivity contribution in [3.05, 3.63) is 75.2 Å². The van der Waals surface area contributed by atoms with Gasteiger partial charge >= 0.3 is 0 Å². The SMILES string of the molecule is COCCCNC(=O)/C(C#N)=C/c1c(Oc2cccc(C)c2C)nc2ccccn2c1=O. The van der Waals surface area contributed by atoms with E-state index in [1.165, 1.54) is 10.5 Å². The van der Waals surface area contributed by atoms with Crippen LogP contribution in [0.25, 0.3) is 11.7 Å². The molecule has 0 aliphatic carbocycles. The van der Waals surface area contributed by atoms with E-state index in [2.05, 4.69) is 10.3 Å². The maximum Gasteiger partial charge on any atom is 0.269 e. The number of hydrogen-bond donors (Lipinski definition) is 1. The molecule has 164 valence electrons. The molecule has 2 aromatic heterocycles. The van der Waals surface area contributed by atoms with Gasteiger partial charge in [0.15, 0.2) is 0 Å². The average molecular weight is 432 g/mol. The second kappa shape index (κ2) is 10.4. The number of benzene rings is 1. The predicted octanol–water partition coefficient (Wildman–Crippen LogP) is 3.16. The van der Waals surface area contributed by atoms with E-state index in [9.17, 15) is 14.9 Å². The summed E-state index contributed by atoms with van der Waals surface area (Å²) in [6.45, 7) is 4.68. The molecule has 0 spiro atoms. The van der Waals surface area contributed by atoms with E-state index in [-0.39, 0.29) is 17.0 Å². The monoisotopic (exact) mass is 432 g/mol. The minimum atomic E-state index is -0.584. The number of ether oxygens (including phenoxy) is 2. The van der Waals surface area contributed by atoms with Crippen molar-refractivity contribution in [2.24, 2.45) is 0 Å². The first-order valence-corrected chi connectivity index (χ1v) is 10.1. The number of carbonyl (C=O) groups excluding carboxylic acids is 1. The summed E-state index contributed by atoms with van der Waals surface area (Å²) in [5, 5.41) is 12.2. The number of fused-ring (bicyclic) bond motifs is 1. The van der Waals surface area contributed by atoms with E-state index in [1.807, 2.05) is 32.0 Å². The van der Waals surface area contributed by atoms with Crippen LogP contribution >= 0.6 is 0 Å². The third kappa shape index (κ3) is 5.02. The van der Waals surface area contributed by atoms with Crippen LogP contribution in [0.2, 0.25) is 0 Å². The molecule has 1 N–H and O–H groups in total. The van der Waals surface area contributed by atoms with Crippen LogP contribution < -0.4 is 15.6 Å². The summed E-state index contributed by atoms with van der Waals surface area (Å²) in [6.07, 6.45) is 3.39. The third-order valence-corrected chi connectivity index (χ3v) is 4.96. The van der Waals surface area contributed by atoms with E-state index in [0.29, 0.717) is 31.0 Å². The van der Waals surface area contributed by atoms with Gasteiger partial charge in [-0.1, -0.05) is 18.2 Å². The first-order chi connectivity index (χ1) is 15.5. The normalized spacial score (nSPS) is 11.2. The van der Waals surface area contributed by atoms with Crippen molar-refractivity contribution in [1.29, 1.82) is 5.26 Å². The van der Waals surface area contributed by atoms with Crippen LogP contribution in [-0.2, 0) is 9.53 Å². The number of aromatic nitrogens is 2. The predicted molar refractivity (Wildman–Crippen MR) is 121 cm³/mol. The molecule has 0 fully saturated rings. The molecule has 2 heterocycles. The Morgan fingerprint density at radius 3 is 2.81 bits per heavy atom. The molecule has 0 unspecified atom stereocenters. The zero-order valence-corrected chi connectivity index (χ0v) is 18.2. The number of carbonyl (C=O) groups is 1. The number of pyridine rings is 1. The molecule has 8 nitrogen and oxygen atoms in total. The van der Waals surface area contributed by atoms with Gasteiger partial charge in [-0.25, -0.2) is 0 Å². The Hall–Kier alpha value is -3.96. The molecule has 1 aromatic carbocycles. The molecule has 0 aliphatic heterocycles. The number of rotatable bonds is 8. The van der Waals surface area contributed by atoms with Gasteiger partial charge < -0.3 is 14.8 Å². The summed E-state index contributed by atoms with van der Waals surface area (Å²) >= 11 is 0. The molecule has 0 radical (unpaired) electrons. The quantitative estimate of drug-likeness (QED) is 0.333. The summed E-state index contributed by atoms with van der Waals surface area (Å²) in [6, 6.07) is 12.6. The van der Waals surface area contributed by atoms with Crippen molar-refractivity contribution in [3.63, 3.8) is 0 Å². The highest BCUT2D eigenvalue weighted by Crippen LogP contribution is 2.28. The Kier molecular flexibility index (Phi) is 7.37. The smallest absolute Gasteiger partial charge is 0.269 e. The van der Waals surface area contributed by atoms with Gasteiger partial charge in [0.25, 0.3) is 11.5 Å². The summed E-state index contributed by atoms with van der Waals surface area (Å²) in [4.78, 5) is 30.2. The third-order valence-electron chi connectivity index (χ3n) is 4.96. The number of aryl methyl sites for hydroxylation is 1. The highest BCUT2D eigenvalue weighted by Gasteiger charge is 2.18. The minimum absolute atomic E-state index is 0.0122. The lowest BCUT2D eigenvalue weighted by Gasteiger charge is -2.13. The Morgan fingerprint density at radius 1 is 1.25 bits per heavy atom. The summed E-state index contributed by atoms with van der Waals surface area (Å²) in [5.41, 5.74) is 1.65. The lowest BCUT2D eigenvalue weighted by Crippen LogP contribution is -2.27. The number of nitrogens with zero attached hydrogens (tertiary/aromatic N) is 3. The van der Waals surface area contributed by atoms with Crippen molar-refractivity contribution < 1.29 is 14.3 Å². The summed E-state index contributed by atoms with van der Waals surface area (Å²) in [5.74, 6) is -0.0250. The summed E-state index contributed by atoms with van der Waals surface area (Å²) < 4.78 is 12.3. The molecular formula is C24H24N4O4. The van der Waals surface area contributed by atoms with E-state index < -0.39 is 11.5 Å². The standard InChI is InChI=1S/C24H24N4O4/c1-16-8-6-9-20(17(16)2)32-23-19(24(30)28-12-5-4-10-21(28)27-23)14-18(15-25)22(29)26-11-7-13-31-3/h4-6,8-10,12,14H,7,11,13H2,1-3H3,(H,26,29)/b18-14+. The number of hydrogen-bond acceptors (Lipinski definition) is 6. The van der Waals surface area contributed by atoms with Crippen molar-refractivity contribution >= 4 is 17.6 Å². The van der Waals surface area contributed by atoms with Gasteiger partial charge in [0.05, 0.1) is 0 Å². The van der Waals surface area contributed by atoms with Crippen molar-refractivity contribution in [3.8, 4) is 17.7 Å². The molecule has 8 heteroatoms. The number of methoxy groups -OCH3 is 1. The van der Waals surface area contributed by atoms with Gasteiger partial charge in [-0.2, -0.15) is 10.2 Å². The highest BCUT2D eigenvalue weighted by atomic mass is 16.5. The molecular weight excluding hydrogens is 408 g/mol. The van der Waals surface area contributed by atoms with Crippen LogP contribution in [0.15, 0.2) is 53.0 Å². The van der Waals surface area contributed by atoms with Crippen LogP contribution in [0, 0.1) is 25.2 Å². The molecule has 0 saturated carbocycles. The van der Waals surface area contributed by atoms with Gasteiger partial charge in [0.2, 0.25) is 5.88 Å². The van der Waals surface area contributed by atoms with E-state index in [0.717, 1.165) is 11.1 Å². The fourth-order valence-corrected chi connectivity index (χ4v) is 3.03. The maximum atomic E-state index is 13.2. The van der Waals surface area contributed by atoms with E-state index in [1.54, 1.807) is 37.6 Å². The number of nitrogens with one attached hydrogen (secondary N) is 1. The fourth-order valence-electron chi connectivity index (χ4n) is 3.03. The second-order valence-electron chi connectivity index (χ2n) is 7.14. The zero-order valence-electron chi connectivity index (χ0n) is 18.2. The first-order valence-electron chi connectivity index (χ1n) is 10.1. The van der Waals surface area contributed by atoms with Crippen molar-refractivity contribution in [1.82, 2.24) is 14.7 Å². The van der Waals surface area contributed by atoms with Gasteiger partial charge in [-0.3, -0.25) is 14.0 Å². The molecule has 1 amide bonds. The van der Waals surface area contributed by atoms with Gasteiger partial charge in [0.1, 0.15) is 28.6 Å². The number of nitriles is 1. The van der Waals surface area contributed by atoms with E-state index >= 15 is 0 Å². The van der Waals surface area contributed by atoms with Crippen LogP contribution in [-0.4, -0.2) is 35.6 Å². The molecule has 32 heavy (non-hydrogen) atoms. The largest absolute Gasteiger partial charge is 0.438 e. The summed E-state index contributed by atoms with van der Waals surface area (Å²) in [7, 11) is 1.57. The average Bonchev–Trinajstić information content (AvgIpc) is 2.79. The molecule has 0 saturated heterocycles. The second-order valence-corrected chi connectivity index (χ2v) is 7.14. The van der Waals surface area contributed by atoms with Crippen LogP contribution in [0.5, 0.6) is 11.6 Å². The Labute approximate surface area is 185 Å². The van der Waals surface area contributed by atoms with Crippen LogP contribution in [0.3, 0.4) is 0 Å². The first kappa shape index (κ1) is 22.7. The molecule has 0 bridgehead atoms. The van der Waals surface area contributed by atoms with Crippen molar-refractivity contribution in [2.75, 3.05) is 20.3 Å². The van der Waals surface area contributed by atoms with Crippen LogP contribution in [0.4, 0.5) is 0 Å². The molecule has 0 atom stereocenters. The Morgan fingerprint density at radius 2 is 2.06 bits per heavy atom. The lowest BCUT2D eigenvalue weighted by atomic mass is 10.1. The Balaban J connectivity index is 2.08. The zero-order chi connectivity index (χ0) is 23.1. The van der Waals surface area contributed by atoms with Gasteiger partial charge in [-0.15, -0.1) is 0 Å². The molecule has 0 aliphatic rings. The Bertz CT molecular complexity index is 1270. The maximum absolute atomic E-state index is 13.2. The molecule has 3 aromatic rings. The van der Waals surface area contributed by atoms with Crippen molar-refractivity contribution in [2.45, 2.75) is 20.3 Å². The minimum Gasteiger partial charge on any atom is -0.438 e. The topological polar surface area (TPSA) is 106 Å². The van der Waals surface area contributed by atoms with Gasteiger partial charge in [0, 0.05) is 26.5 Å².